The van der Waals surface area contributed by atoms with Gasteiger partial charge in [0.1, 0.15) is 5.70 Å². The Morgan fingerprint density at radius 2 is 2.00 bits per heavy atom. The van der Waals surface area contributed by atoms with Crippen molar-refractivity contribution >= 4 is 35.1 Å². The fourth-order valence-corrected chi connectivity index (χ4v) is 1.94. The molecule has 8 nitrogen and oxygen atoms in total. The minimum absolute atomic E-state index is 0.0290. The van der Waals surface area contributed by atoms with Crippen molar-refractivity contribution in [2.45, 2.75) is 13.8 Å². The summed E-state index contributed by atoms with van der Waals surface area (Å²) < 4.78 is 1.81. The van der Waals surface area contributed by atoms with Crippen molar-refractivity contribution in [2.75, 3.05) is 11.9 Å². The summed E-state index contributed by atoms with van der Waals surface area (Å²) >= 11 is 11.4. The lowest BCUT2D eigenvalue weighted by molar-refractivity contribution is -0.657. The highest BCUT2D eigenvalue weighted by Crippen LogP contribution is 2.10. The molecule has 0 fully saturated rings. The molecule has 26 heavy (non-hydrogen) atoms. The van der Waals surface area contributed by atoms with E-state index in [1.165, 1.54) is 0 Å². The molecule has 0 bridgehead atoms. The molecule has 0 aliphatic carbocycles. The number of allylic oxidation sites excluding steroid dienone is 3. The third-order valence-electron chi connectivity index (χ3n) is 2.64. The highest BCUT2D eigenvalue weighted by molar-refractivity contribution is 6.31. The van der Waals surface area contributed by atoms with Gasteiger partial charge in [0.2, 0.25) is 16.5 Å². The summed E-state index contributed by atoms with van der Waals surface area (Å²) in [4.78, 5) is 14.4. The van der Waals surface area contributed by atoms with Gasteiger partial charge in [-0.05, 0) is 35.4 Å². The lowest BCUT2D eigenvalue weighted by Crippen LogP contribution is -2.24. The Kier molecular flexibility index (Phi) is 9.81. The van der Waals surface area contributed by atoms with E-state index in [0.29, 0.717) is 24.1 Å². The number of aromatic amines is 1. The number of aryl methyl sites for hydroxylation is 1. The van der Waals surface area contributed by atoms with Crippen molar-refractivity contribution in [2.24, 2.45) is 17.3 Å². The summed E-state index contributed by atoms with van der Waals surface area (Å²) in [5, 5.41) is 11.3. The second-order valence-corrected chi connectivity index (χ2v) is 5.08. The van der Waals surface area contributed by atoms with Gasteiger partial charge in [0, 0.05) is 11.7 Å². The van der Waals surface area contributed by atoms with E-state index in [1.54, 1.807) is 24.4 Å². The van der Waals surface area contributed by atoms with E-state index in [2.05, 4.69) is 42.1 Å². The lowest BCUT2D eigenvalue weighted by Gasteiger charge is -2.01. The van der Waals surface area contributed by atoms with Crippen molar-refractivity contribution < 1.29 is 4.57 Å². The third kappa shape index (κ3) is 7.54. The number of hydrogen-bond donors (Lipinski definition) is 2. The molecule has 0 unspecified atom stereocenters. The molecule has 0 aromatic carbocycles. The third-order valence-corrected chi connectivity index (χ3v) is 2.98. The average Bonchev–Trinajstić information content (AvgIpc) is 3.02. The maximum atomic E-state index is 5.70. The van der Waals surface area contributed by atoms with E-state index in [-0.39, 0.29) is 10.6 Å². The van der Waals surface area contributed by atoms with E-state index in [9.17, 15) is 0 Å². The number of imidazole rings is 1. The fraction of sp³-hybridized carbons (Fsp3) is 0.250. The van der Waals surface area contributed by atoms with Crippen LogP contribution in [0.3, 0.4) is 0 Å². The number of H-pyrrole nitrogens is 1. The predicted octanol–water partition coefficient (Wildman–Crippen LogP) is 4.18. The second kappa shape index (κ2) is 11.9. The van der Waals surface area contributed by atoms with E-state index in [0.717, 1.165) is 0 Å². The Hall–Kier alpha value is -2.58. The van der Waals surface area contributed by atoms with Crippen molar-refractivity contribution in [3.63, 3.8) is 0 Å². The lowest BCUT2D eigenvalue weighted by atomic mass is 10.3. The second-order valence-electron chi connectivity index (χ2n) is 4.40. The van der Waals surface area contributed by atoms with Gasteiger partial charge >= 0.3 is 5.95 Å². The van der Waals surface area contributed by atoms with Gasteiger partial charge in [-0.3, -0.25) is 0 Å². The smallest absolute Gasteiger partial charge is 0.351 e. The molecule has 0 saturated carbocycles. The quantitative estimate of drug-likeness (QED) is 0.417. The van der Waals surface area contributed by atoms with Crippen LogP contribution in [0, 0.1) is 0 Å². The minimum atomic E-state index is 0.0290. The molecule has 0 amide bonds. The molecule has 2 aromatic rings. The summed E-state index contributed by atoms with van der Waals surface area (Å²) in [6.45, 7) is 8.10. The SMILES string of the molecule is C=C/C=C(\C=C/CNc1nc(Cl)nc(Cl)n1)N=Nc1[nH]cc[n+]1C.CC. The molecule has 10 heteroatoms. The van der Waals surface area contributed by atoms with Crippen LogP contribution in [0.1, 0.15) is 13.8 Å². The van der Waals surface area contributed by atoms with E-state index >= 15 is 0 Å². The van der Waals surface area contributed by atoms with Crippen LogP contribution in [0.5, 0.6) is 0 Å². The number of azo groups is 1. The Labute approximate surface area is 162 Å². The van der Waals surface area contributed by atoms with Gasteiger partial charge in [0.05, 0.1) is 19.4 Å². The van der Waals surface area contributed by atoms with Crippen LogP contribution in [0.2, 0.25) is 10.6 Å². The summed E-state index contributed by atoms with van der Waals surface area (Å²) in [7, 11) is 1.87. The van der Waals surface area contributed by atoms with Crippen molar-refractivity contribution in [1.82, 2.24) is 19.9 Å². The van der Waals surface area contributed by atoms with Crippen LogP contribution >= 0.6 is 23.2 Å². The van der Waals surface area contributed by atoms with Crippen LogP contribution in [-0.2, 0) is 7.05 Å². The first kappa shape index (κ1) is 21.5. The molecular weight excluding hydrogens is 375 g/mol. The molecule has 0 saturated heterocycles. The minimum Gasteiger partial charge on any atom is -0.351 e. The Morgan fingerprint density at radius 3 is 2.58 bits per heavy atom. The zero-order chi connectivity index (χ0) is 19.4. The number of anilines is 1. The van der Waals surface area contributed by atoms with Crippen LogP contribution in [0.15, 0.2) is 59.2 Å². The highest BCUT2D eigenvalue weighted by atomic mass is 35.5. The maximum absolute atomic E-state index is 5.70. The summed E-state index contributed by atoms with van der Waals surface area (Å²) in [5.41, 5.74) is 0.633. The Bertz CT molecular complexity index is 775. The first-order valence-electron chi connectivity index (χ1n) is 7.83. The predicted molar refractivity (Wildman–Crippen MR) is 104 cm³/mol. The Balaban J connectivity index is 0.00000163. The summed E-state index contributed by atoms with van der Waals surface area (Å²) in [6, 6.07) is 0. The van der Waals surface area contributed by atoms with E-state index in [4.69, 9.17) is 23.2 Å². The zero-order valence-corrected chi connectivity index (χ0v) is 16.3. The van der Waals surface area contributed by atoms with Gasteiger partial charge in [-0.2, -0.15) is 15.0 Å². The number of rotatable bonds is 7. The van der Waals surface area contributed by atoms with E-state index in [1.807, 2.05) is 37.7 Å². The molecule has 2 heterocycles. The summed E-state index contributed by atoms with van der Waals surface area (Å²) in [5.74, 6) is 0.921. The first-order chi connectivity index (χ1) is 12.6. The molecule has 0 aliphatic rings. The average molecular weight is 396 g/mol. The number of nitrogens with one attached hydrogen (secondary N) is 2. The number of halogens is 2. The van der Waals surface area contributed by atoms with Gasteiger partial charge in [-0.1, -0.05) is 37.7 Å². The monoisotopic (exact) mass is 395 g/mol. The molecular formula is C16H21Cl2N8+. The molecule has 0 spiro atoms. The summed E-state index contributed by atoms with van der Waals surface area (Å²) in [6.07, 6.45) is 10.6. The largest absolute Gasteiger partial charge is 0.418 e. The van der Waals surface area contributed by atoms with Crippen LogP contribution in [0.25, 0.3) is 0 Å². The first-order valence-corrected chi connectivity index (χ1v) is 8.59. The van der Waals surface area contributed by atoms with Crippen LogP contribution < -0.4 is 9.88 Å². The van der Waals surface area contributed by atoms with Crippen molar-refractivity contribution in [3.8, 4) is 0 Å². The fourth-order valence-electron chi connectivity index (χ4n) is 1.58. The normalized spacial score (nSPS) is 11.5. The number of hydrogen-bond acceptors (Lipinski definition) is 6. The molecule has 2 N–H and O–H groups in total. The van der Waals surface area contributed by atoms with Crippen molar-refractivity contribution in [1.29, 1.82) is 0 Å². The molecule has 0 radical (unpaired) electrons. The van der Waals surface area contributed by atoms with Crippen LogP contribution in [0.4, 0.5) is 11.9 Å². The zero-order valence-electron chi connectivity index (χ0n) is 14.8. The molecule has 138 valence electrons. The van der Waals surface area contributed by atoms with Gasteiger partial charge in [0.15, 0.2) is 0 Å². The standard InChI is InChI=1S/C14H14Cl2N8.C2H6/c1-3-5-10(22-23-14-18-8-9-24(14)2)6-4-7-17-13-20-11(15)19-12(16)21-13;1-2/h3-6,8-9H,1,7H2,2H3,(H,17,19,20,21);1-2H3/p+1/b6-4-,10-5+,23-22?;. The van der Waals surface area contributed by atoms with Gasteiger partial charge < -0.3 is 5.32 Å². The number of aromatic nitrogens is 5. The van der Waals surface area contributed by atoms with Gasteiger partial charge in [0.25, 0.3) is 0 Å². The molecule has 0 aliphatic heterocycles. The molecule has 2 rings (SSSR count). The van der Waals surface area contributed by atoms with Crippen LogP contribution in [-0.4, -0.2) is 26.5 Å². The topological polar surface area (TPSA) is 95.1 Å². The Morgan fingerprint density at radius 1 is 1.31 bits per heavy atom. The molecule has 2 aromatic heterocycles. The maximum Gasteiger partial charge on any atom is 0.418 e. The van der Waals surface area contributed by atoms with Gasteiger partial charge in [-0.15, -0.1) is 0 Å². The van der Waals surface area contributed by atoms with E-state index < -0.39 is 0 Å². The number of nitrogens with zero attached hydrogens (tertiary/aromatic N) is 6. The van der Waals surface area contributed by atoms with Crippen molar-refractivity contribution in [3.05, 3.63) is 59.5 Å². The highest BCUT2D eigenvalue weighted by Gasteiger charge is 2.05. The molecule has 0 atom stereocenters. The van der Waals surface area contributed by atoms with Gasteiger partial charge in [-0.25, -0.2) is 9.55 Å².